The van der Waals surface area contributed by atoms with Gasteiger partial charge in [0.25, 0.3) is 0 Å². The molecular weight excluding hydrogens is 364 g/mol. The highest BCUT2D eigenvalue weighted by atomic mass is 35.5. The molecule has 0 radical (unpaired) electrons. The zero-order chi connectivity index (χ0) is 19.9. The summed E-state index contributed by atoms with van der Waals surface area (Å²) < 4.78 is 0. The third-order valence-electron chi connectivity index (χ3n) is 4.70. The fraction of sp³-hybridized carbons (Fsp3) is 0.160. The Bertz CT molecular complexity index is 986. The van der Waals surface area contributed by atoms with Gasteiger partial charge in [-0.25, -0.2) is 4.99 Å². The SMILES string of the molecule is C=C(NCCc1ccccc1C)c1c(N=C(C)Cl)cccc1-c1ccccc1. The molecule has 0 saturated carbocycles. The molecule has 0 unspecified atom stereocenters. The Kier molecular flexibility index (Phi) is 6.67. The highest BCUT2D eigenvalue weighted by Gasteiger charge is 2.13. The summed E-state index contributed by atoms with van der Waals surface area (Å²) in [6.07, 6.45) is 0.937. The number of hydrogen-bond acceptors (Lipinski definition) is 2. The Morgan fingerprint density at radius 1 is 0.964 bits per heavy atom. The maximum Gasteiger partial charge on any atom is 0.103 e. The number of halogens is 1. The first-order valence-electron chi connectivity index (χ1n) is 9.43. The third-order valence-corrected chi connectivity index (χ3v) is 4.78. The van der Waals surface area contributed by atoms with Crippen LogP contribution in [-0.4, -0.2) is 11.7 Å². The maximum absolute atomic E-state index is 6.09. The number of rotatable bonds is 7. The minimum absolute atomic E-state index is 0.499. The van der Waals surface area contributed by atoms with E-state index in [1.807, 2.05) is 30.3 Å². The van der Waals surface area contributed by atoms with Gasteiger partial charge in [0.15, 0.2) is 0 Å². The van der Waals surface area contributed by atoms with E-state index >= 15 is 0 Å². The third kappa shape index (κ3) is 4.90. The molecule has 3 aromatic carbocycles. The predicted octanol–water partition coefficient (Wildman–Crippen LogP) is 6.75. The summed E-state index contributed by atoms with van der Waals surface area (Å²) >= 11 is 6.09. The van der Waals surface area contributed by atoms with Crippen LogP contribution < -0.4 is 5.32 Å². The Labute approximate surface area is 172 Å². The minimum atomic E-state index is 0.499. The molecule has 142 valence electrons. The van der Waals surface area contributed by atoms with Crippen LogP contribution in [0.4, 0.5) is 5.69 Å². The van der Waals surface area contributed by atoms with E-state index in [4.69, 9.17) is 11.6 Å². The van der Waals surface area contributed by atoms with E-state index in [0.717, 1.165) is 41.0 Å². The quantitative estimate of drug-likeness (QED) is 0.444. The van der Waals surface area contributed by atoms with Crippen LogP contribution in [0.1, 0.15) is 23.6 Å². The lowest BCUT2D eigenvalue weighted by atomic mass is 9.96. The summed E-state index contributed by atoms with van der Waals surface area (Å²) in [6.45, 7) is 9.04. The fourth-order valence-electron chi connectivity index (χ4n) is 3.30. The predicted molar refractivity (Wildman–Crippen MR) is 122 cm³/mol. The highest BCUT2D eigenvalue weighted by molar-refractivity contribution is 6.65. The Morgan fingerprint density at radius 3 is 2.39 bits per heavy atom. The molecule has 0 fully saturated rings. The number of benzene rings is 3. The summed E-state index contributed by atoms with van der Waals surface area (Å²) in [5.74, 6) is 0. The number of aliphatic imine (C=N–C) groups is 1. The molecule has 3 heteroatoms. The molecule has 0 aliphatic carbocycles. The largest absolute Gasteiger partial charge is 0.385 e. The Morgan fingerprint density at radius 2 is 1.68 bits per heavy atom. The van der Waals surface area contributed by atoms with Crippen LogP contribution in [0.3, 0.4) is 0 Å². The topological polar surface area (TPSA) is 24.4 Å². The summed E-state index contributed by atoms with van der Waals surface area (Å²) in [4.78, 5) is 4.53. The average Bonchev–Trinajstić information content (AvgIpc) is 2.69. The number of nitrogens with one attached hydrogen (secondary N) is 1. The van der Waals surface area contributed by atoms with Gasteiger partial charge in [-0.2, -0.15) is 0 Å². The molecule has 3 rings (SSSR count). The van der Waals surface area contributed by atoms with Gasteiger partial charge in [-0.15, -0.1) is 0 Å². The van der Waals surface area contributed by atoms with Gasteiger partial charge in [-0.05, 0) is 48.6 Å². The lowest BCUT2D eigenvalue weighted by molar-refractivity contribution is 0.844. The average molecular weight is 389 g/mol. The van der Waals surface area contributed by atoms with Gasteiger partial charge in [0.05, 0.1) is 5.69 Å². The number of hydrogen-bond donors (Lipinski definition) is 1. The van der Waals surface area contributed by atoms with Crippen LogP contribution in [0.15, 0.2) is 84.4 Å². The second-order valence-electron chi connectivity index (χ2n) is 6.76. The van der Waals surface area contributed by atoms with E-state index in [0.29, 0.717) is 5.17 Å². The van der Waals surface area contributed by atoms with E-state index in [1.165, 1.54) is 11.1 Å². The normalized spacial score (nSPS) is 11.3. The molecule has 0 aliphatic heterocycles. The van der Waals surface area contributed by atoms with Crippen molar-refractivity contribution in [2.24, 2.45) is 4.99 Å². The van der Waals surface area contributed by atoms with E-state index < -0.39 is 0 Å². The van der Waals surface area contributed by atoms with E-state index in [9.17, 15) is 0 Å². The van der Waals surface area contributed by atoms with Crippen LogP contribution in [0, 0.1) is 6.92 Å². The van der Waals surface area contributed by atoms with Crippen LogP contribution >= 0.6 is 11.6 Å². The molecule has 28 heavy (non-hydrogen) atoms. The first-order valence-corrected chi connectivity index (χ1v) is 9.81. The Hall–Kier alpha value is -2.84. The lowest BCUT2D eigenvalue weighted by Crippen LogP contribution is -2.16. The van der Waals surface area contributed by atoms with Crippen molar-refractivity contribution in [2.45, 2.75) is 20.3 Å². The summed E-state index contributed by atoms with van der Waals surface area (Å²) in [6, 6.07) is 24.8. The molecule has 0 aliphatic rings. The van der Waals surface area contributed by atoms with Crippen molar-refractivity contribution >= 4 is 28.2 Å². The number of nitrogens with zero attached hydrogens (tertiary/aromatic N) is 1. The molecule has 2 nitrogen and oxygen atoms in total. The van der Waals surface area contributed by atoms with Crippen molar-refractivity contribution in [1.29, 1.82) is 0 Å². The molecule has 0 atom stereocenters. The molecule has 0 amide bonds. The van der Waals surface area contributed by atoms with Crippen LogP contribution in [0.2, 0.25) is 0 Å². The highest BCUT2D eigenvalue weighted by Crippen LogP contribution is 2.35. The van der Waals surface area contributed by atoms with Crippen molar-refractivity contribution in [2.75, 3.05) is 6.54 Å². The number of aryl methyl sites for hydroxylation is 1. The molecule has 0 heterocycles. The molecule has 3 aromatic rings. The summed E-state index contributed by atoms with van der Waals surface area (Å²) in [7, 11) is 0. The van der Waals surface area contributed by atoms with Crippen molar-refractivity contribution in [3.8, 4) is 11.1 Å². The second kappa shape index (κ2) is 9.38. The standard InChI is InChI=1S/C25H25ClN2/c1-18-10-7-8-11-21(18)16-17-27-19(2)25-23(22-12-5-4-6-13-22)14-9-15-24(25)28-20(3)26/h4-15,27H,2,16-17H2,1,3H3. The zero-order valence-corrected chi connectivity index (χ0v) is 17.1. The fourth-order valence-corrected chi connectivity index (χ4v) is 3.39. The van der Waals surface area contributed by atoms with Crippen molar-refractivity contribution < 1.29 is 0 Å². The maximum atomic E-state index is 6.09. The summed E-state index contributed by atoms with van der Waals surface area (Å²) in [5, 5.41) is 3.99. The minimum Gasteiger partial charge on any atom is -0.385 e. The van der Waals surface area contributed by atoms with Crippen LogP contribution in [-0.2, 0) is 6.42 Å². The van der Waals surface area contributed by atoms with Crippen molar-refractivity contribution in [3.05, 3.63) is 96.1 Å². The first-order chi connectivity index (χ1) is 13.6. The van der Waals surface area contributed by atoms with Crippen molar-refractivity contribution in [3.63, 3.8) is 0 Å². The lowest BCUT2D eigenvalue weighted by Gasteiger charge is -2.17. The van der Waals surface area contributed by atoms with E-state index in [2.05, 4.69) is 66.3 Å². The van der Waals surface area contributed by atoms with Crippen LogP contribution in [0.25, 0.3) is 16.8 Å². The molecule has 0 spiro atoms. The van der Waals surface area contributed by atoms with Gasteiger partial charge in [-0.3, -0.25) is 0 Å². The van der Waals surface area contributed by atoms with Gasteiger partial charge in [0, 0.05) is 17.8 Å². The smallest absolute Gasteiger partial charge is 0.103 e. The van der Waals surface area contributed by atoms with Gasteiger partial charge in [0.2, 0.25) is 0 Å². The molecule has 0 aromatic heterocycles. The molecule has 0 saturated heterocycles. The Balaban J connectivity index is 1.89. The zero-order valence-electron chi connectivity index (χ0n) is 16.4. The molecular formula is C25H25ClN2. The molecule has 0 bridgehead atoms. The second-order valence-corrected chi connectivity index (χ2v) is 7.30. The van der Waals surface area contributed by atoms with Gasteiger partial charge < -0.3 is 5.32 Å². The molecule has 1 N–H and O–H groups in total. The van der Waals surface area contributed by atoms with Crippen LogP contribution in [0.5, 0.6) is 0 Å². The van der Waals surface area contributed by atoms with Gasteiger partial charge in [-0.1, -0.05) is 84.9 Å². The monoisotopic (exact) mass is 388 g/mol. The van der Waals surface area contributed by atoms with Crippen molar-refractivity contribution in [1.82, 2.24) is 5.32 Å². The summed E-state index contributed by atoms with van der Waals surface area (Å²) in [5.41, 5.74) is 7.53. The first kappa shape index (κ1) is 19.9. The van der Waals surface area contributed by atoms with Gasteiger partial charge in [0.1, 0.15) is 5.17 Å². The van der Waals surface area contributed by atoms with Gasteiger partial charge >= 0.3 is 0 Å². The van der Waals surface area contributed by atoms with E-state index in [-0.39, 0.29) is 0 Å². The van der Waals surface area contributed by atoms with E-state index in [1.54, 1.807) is 6.92 Å².